The maximum Gasteiger partial charge on any atom is 0.273 e. The molecular formula is C18H19ClFN5O2S. The van der Waals surface area contributed by atoms with E-state index in [9.17, 15) is 14.3 Å². The number of hydrogen-bond acceptors (Lipinski definition) is 6. The molecule has 2 aromatic heterocycles. The second-order valence-corrected chi connectivity index (χ2v) is 7.71. The number of carbonyl (C=O) groups is 1. The van der Waals surface area contributed by atoms with Crippen LogP contribution in [-0.4, -0.2) is 33.2 Å². The van der Waals surface area contributed by atoms with Gasteiger partial charge in [-0.05, 0) is 44.2 Å². The molecule has 7 nitrogen and oxygen atoms in total. The van der Waals surface area contributed by atoms with Gasteiger partial charge in [-0.3, -0.25) is 9.52 Å². The first-order valence-corrected chi connectivity index (χ1v) is 9.97. The van der Waals surface area contributed by atoms with Gasteiger partial charge in [0.2, 0.25) is 5.95 Å². The van der Waals surface area contributed by atoms with Crippen LogP contribution < -0.4 is 10.0 Å². The molecule has 0 spiro atoms. The van der Waals surface area contributed by atoms with Crippen LogP contribution in [0.25, 0.3) is 0 Å². The fourth-order valence-corrected chi connectivity index (χ4v) is 4.33. The molecule has 3 rings (SSSR count). The number of aliphatic hydroxyl groups is 1. The average molecular weight is 424 g/mol. The van der Waals surface area contributed by atoms with Crippen LogP contribution in [-0.2, 0) is 13.0 Å². The number of aromatic nitrogens is 2. The topological polar surface area (TPSA) is 103 Å². The van der Waals surface area contributed by atoms with Crippen LogP contribution in [0.1, 0.15) is 41.6 Å². The lowest BCUT2D eigenvalue weighted by Crippen LogP contribution is -2.23. The monoisotopic (exact) mass is 423 g/mol. The first-order chi connectivity index (χ1) is 13.4. The minimum Gasteiger partial charge on any atom is -0.395 e. The van der Waals surface area contributed by atoms with Crippen LogP contribution in [0.15, 0.2) is 17.0 Å². The number of halogens is 2. The fourth-order valence-electron chi connectivity index (χ4n) is 3.01. The van der Waals surface area contributed by atoms with Crippen molar-refractivity contribution in [2.75, 3.05) is 11.9 Å². The Balaban J connectivity index is 1.93. The molecule has 1 atom stereocenters. The number of nitriles is 1. The lowest BCUT2D eigenvalue weighted by atomic mass is 10.1. The van der Waals surface area contributed by atoms with E-state index in [4.69, 9.17) is 16.9 Å². The van der Waals surface area contributed by atoms with Crippen LogP contribution in [0.3, 0.4) is 0 Å². The molecule has 3 N–H and O–H groups in total. The quantitative estimate of drug-likeness (QED) is 0.487. The highest BCUT2D eigenvalue weighted by molar-refractivity contribution is 7.97. The molecule has 148 valence electrons. The first-order valence-electron chi connectivity index (χ1n) is 8.77. The molecule has 0 radical (unpaired) electrons. The average Bonchev–Trinajstić information content (AvgIpc) is 2.96. The molecule has 1 aliphatic rings. The van der Waals surface area contributed by atoms with Crippen molar-refractivity contribution in [3.05, 3.63) is 40.2 Å². The molecule has 1 unspecified atom stereocenters. The summed E-state index contributed by atoms with van der Waals surface area (Å²) in [5, 5.41) is 21.1. The molecule has 0 fully saturated rings. The van der Waals surface area contributed by atoms with E-state index in [2.05, 4.69) is 15.0 Å². The minimum absolute atomic E-state index is 0.0250. The Morgan fingerprint density at radius 1 is 1.54 bits per heavy atom. The van der Waals surface area contributed by atoms with Crippen molar-refractivity contribution >= 4 is 35.1 Å². The molecule has 0 bridgehead atoms. The Kier molecular flexibility index (Phi) is 6.57. The van der Waals surface area contributed by atoms with Gasteiger partial charge in [0.1, 0.15) is 17.5 Å². The second kappa shape index (κ2) is 8.92. The minimum atomic E-state index is -0.851. The number of carbonyl (C=O) groups excluding carboxylic acids is 1. The van der Waals surface area contributed by atoms with Crippen molar-refractivity contribution in [1.82, 2.24) is 14.3 Å². The molecule has 2 aromatic rings. The van der Waals surface area contributed by atoms with Crippen molar-refractivity contribution in [2.45, 2.75) is 43.7 Å². The van der Waals surface area contributed by atoms with E-state index in [1.54, 1.807) is 6.07 Å². The largest absolute Gasteiger partial charge is 0.395 e. The van der Waals surface area contributed by atoms with Gasteiger partial charge in [-0.1, -0.05) is 11.6 Å². The second-order valence-electron chi connectivity index (χ2n) is 6.48. The smallest absolute Gasteiger partial charge is 0.273 e. The maximum atomic E-state index is 13.6. The normalized spacial score (nSPS) is 14.2. The zero-order valence-electron chi connectivity index (χ0n) is 15.1. The Hall–Kier alpha value is -2.12. The zero-order valence-corrected chi connectivity index (χ0v) is 16.7. The van der Waals surface area contributed by atoms with Crippen LogP contribution in [0, 0.1) is 17.3 Å². The molecule has 28 heavy (non-hydrogen) atoms. The van der Waals surface area contributed by atoms with Gasteiger partial charge in [-0.15, -0.1) is 0 Å². The number of nitrogens with one attached hydrogen (secondary N) is 2. The van der Waals surface area contributed by atoms with Gasteiger partial charge in [0, 0.05) is 30.0 Å². The van der Waals surface area contributed by atoms with Gasteiger partial charge in [0.25, 0.3) is 5.91 Å². The van der Waals surface area contributed by atoms with Crippen LogP contribution >= 0.6 is 23.5 Å². The molecule has 0 saturated heterocycles. The van der Waals surface area contributed by atoms with Gasteiger partial charge in [0.15, 0.2) is 0 Å². The SMILES string of the molecule is CC(CO)NSc1c(Cl)c(C(=O)Nc2cc(F)nc(C#N)c2)n2c1CCCC2. The summed E-state index contributed by atoms with van der Waals surface area (Å²) in [5.74, 6) is -1.33. The van der Waals surface area contributed by atoms with E-state index in [0.29, 0.717) is 17.3 Å². The Labute approximate surface area is 171 Å². The number of pyridine rings is 1. The Morgan fingerprint density at radius 3 is 3.04 bits per heavy atom. The van der Waals surface area contributed by atoms with Crippen molar-refractivity contribution in [2.24, 2.45) is 0 Å². The van der Waals surface area contributed by atoms with Crippen molar-refractivity contribution in [3.63, 3.8) is 0 Å². The molecule has 10 heteroatoms. The number of amides is 1. The van der Waals surface area contributed by atoms with E-state index in [-0.39, 0.29) is 24.0 Å². The van der Waals surface area contributed by atoms with Crippen LogP contribution in [0.2, 0.25) is 5.02 Å². The standard InChI is InChI=1S/C18H19ClFN5O2S/c1-10(9-26)24-28-17-13-4-2-3-5-25(13)16(15(17)19)18(27)23-11-6-12(8-21)22-14(20)7-11/h6-7,10,24,26H,2-5,9H2,1H3,(H,22,23,27). The summed E-state index contributed by atoms with van der Waals surface area (Å²) in [7, 11) is 0. The van der Waals surface area contributed by atoms with E-state index in [0.717, 1.165) is 35.9 Å². The summed E-state index contributed by atoms with van der Waals surface area (Å²) in [6.45, 7) is 2.47. The Bertz CT molecular complexity index is 943. The van der Waals surface area contributed by atoms with Gasteiger partial charge in [-0.25, -0.2) is 4.98 Å². The van der Waals surface area contributed by atoms with Crippen LogP contribution in [0.5, 0.6) is 0 Å². The third-order valence-electron chi connectivity index (χ3n) is 4.33. The molecule has 0 aliphatic carbocycles. The summed E-state index contributed by atoms with van der Waals surface area (Å²) in [5.41, 5.74) is 1.27. The zero-order chi connectivity index (χ0) is 20.3. The maximum absolute atomic E-state index is 13.6. The lowest BCUT2D eigenvalue weighted by Gasteiger charge is -2.19. The van der Waals surface area contributed by atoms with E-state index < -0.39 is 11.9 Å². The molecule has 0 saturated carbocycles. The predicted octanol–water partition coefficient (Wildman–Crippen LogP) is 3.11. The lowest BCUT2D eigenvalue weighted by molar-refractivity contribution is 0.101. The summed E-state index contributed by atoms with van der Waals surface area (Å²) in [4.78, 5) is 17.1. The van der Waals surface area contributed by atoms with Crippen molar-refractivity contribution in [3.8, 4) is 6.07 Å². The number of fused-ring (bicyclic) bond motifs is 1. The summed E-state index contributed by atoms with van der Waals surface area (Å²) >= 11 is 7.85. The highest BCUT2D eigenvalue weighted by atomic mass is 35.5. The van der Waals surface area contributed by atoms with Crippen LogP contribution in [0.4, 0.5) is 10.1 Å². The summed E-state index contributed by atoms with van der Waals surface area (Å²) < 4.78 is 18.6. The number of hydrogen-bond donors (Lipinski definition) is 3. The van der Waals surface area contributed by atoms with Crippen molar-refractivity contribution < 1.29 is 14.3 Å². The molecule has 3 heterocycles. The molecular weight excluding hydrogens is 405 g/mol. The van der Waals surface area contributed by atoms with Gasteiger partial charge in [0.05, 0.1) is 16.5 Å². The molecule has 1 amide bonds. The highest BCUT2D eigenvalue weighted by Gasteiger charge is 2.28. The predicted molar refractivity (Wildman–Crippen MR) is 105 cm³/mol. The highest BCUT2D eigenvalue weighted by Crippen LogP contribution is 2.38. The molecule has 1 aliphatic heterocycles. The van der Waals surface area contributed by atoms with E-state index >= 15 is 0 Å². The third kappa shape index (κ3) is 4.31. The van der Waals surface area contributed by atoms with Gasteiger partial charge < -0.3 is 15.0 Å². The third-order valence-corrected chi connectivity index (χ3v) is 5.97. The fraction of sp³-hybridized carbons (Fsp3) is 0.389. The summed E-state index contributed by atoms with van der Waals surface area (Å²) in [6.07, 6.45) is 2.70. The number of nitrogens with zero attached hydrogens (tertiary/aromatic N) is 3. The van der Waals surface area contributed by atoms with Gasteiger partial charge in [-0.2, -0.15) is 9.65 Å². The number of rotatable bonds is 6. The number of anilines is 1. The molecule has 0 aromatic carbocycles. The van der Waals surface area contributed by atoms with E-state index in [1.165, 1.54) is 18.0 Å². The van der Waals surface area contributed by atoms with E-state index in [1.807, 2.05) is 11.5 Å². The first kappa shape index (κ1) is 20.6. The Morgan fingerprint density at radius 2 is 2.32 bits per heavy atom. The summed E-state index contributed by atoms with van der Waals surface area (Å²) in [6, 6.07) is 3.97. The number of aliphatic hydroxyl groups excluding tert-OH is 1. The van der Waals surface area contributed by atoms with Crippen molar-refractivity contribution in [1.29, 1.82) is 5.26 Å². The van der Waals surface area contributed by atoms with Gasteiger partial charge >= 0.3 is 0 Å².